The van der Waals surface area contributed by atoms with Crippen LogP contribution in [0.1, 0.15) is 31.5 Å². The van der Waals surface area contributed by atoms with Crippen molar-refractivity contribution in [3.05, 3.63) is 11.7 Å². The van der Waals surface area contributed by atoms with E-state index in [0.29, 0.717) is 18.9 Å². The van der Waals surface area contributed by atoms with Crippen molar-refractivity contribution in [1.82, 2.24) is 10.1 Å². The molecule has 1 unspecified atom stereocenters. The zero-order valence-corrected chi connectivity index (χ0v) is 9.19. The smallest absolute Gasteiger partial charge is 0.229 e. The van der Waals surface area contributed by atoms with Gasteiger partial charge in [0.05, 0.1) is 12.5 Å². The van der Waals surface area contributed by atoms with Gasteiger partial charge in [-0.3, -0.25) is 0 Å². The predicted octanol–water partition coefficient (Wildman–Crippen LogP) is 0.637. The van der Waals surface area contributed by atoms with Gasteiger partial charge in [0.1, 0.15) is 0 Å². The number of rotatable bonds is 5. The van der Waals surface area contributed by atoms with Gasteiger partial charge in [0.15, 0.2) is 5.82 Å². The van der Waals surface area contributed by atoms with Gasteiger partial charge in [-0.15, -0.1) is 0 Å². The van der Waals surface area contributed by atoms with E-state index >= 15 is 0 Å². The third-order valence-corrected chi connectivity index (χ3v) is 3.01. The molecule has 2 N–H and O–H groups in total. The lowest BCUT2D eigenvalue weighted by Crippen LogP contribution is -2.24. The third kappa shape index (κ3) is 2.18. The first-order valence-electron chi connectivity index (χ1n) is 5.24. The maximum atomic E-state index is 5.52. The van der Waals surface area contributed by atoms with Crippen LogP contribution in [0.15, 0.2) is 4.52 Å². The maximum Gasteiger partial charge on any atom is 0.229 e. The van der Waals surface area contributed by atoms with Crippen LogP contribution in [0.25, 0.3) is 0 Å². The van der Waals surface area contributed by atoms with Crippen molar-refractivity contribution >= 4 is 0 Å². The van der Waals surface area contributed by atoms with Crippen LogP contribution >= 0.6 is 0 Å². The van der Waals surface area contributed by atoms with E-state index in [9.17, 15) is 0 Å². The Balaban J connectivity index is 2.01. The molecule has 5 nitrogen and oxygen atoms in total. The Morgan fingerprint density at radius 1 is 1.60 bits per heavy atom. The highest BCUT2D eigenvalue weighted by Gasteiger charge is 2.43. The van der Waals surface area contributed by atoms with Crippen molar-refractivity contribution in [2.45, 2.75) is 37.7 Å². The molecule has 0 spiro atoms. The second-order valence-electron chi connectivity index (χ2n) is 4.37. The molecule has 1 aliphatic rings. The van der Waals surface area contributed by atoms with Gasteiger partial charge in [0.25, 0.3) is 0 Å². The van der Waals surface area contributed by atoms with Crippen molar-refractivity contribution < 1.29 is 9.26 Å². The minimum Gasteiger partial charge on any atom is -0.380 e. The molecular formula is C10H17N3O2. The average Bonchev–Trinajstić information content (AvgIpc) is 2.82. The highest BCUT2D eigenvalue weighted by atomic mass is 16.5. The number of hydrogen-bond donors (Lipinski definition) is 1. The quantitative estimate of drug-likeness (QED) is 0.773. The summed E-state index contributed by atoms with van der Waals surface area (Å²) in [4.78, 5) is 4.37. The number of hydrogen-bond acceptors (Lipinski definition) is 5. The predicted molar refractivity (Wildman–Crippen MR) is 54.4 cm³/mol. The van der Waals surface area contributed by atoms with Crippen LogP contribution in [0, 0.1) is 0 Å². The van der Waals surface area contributed by atoms with Crippen LogP contribution in [0.4, 0.5) is 0 Å². The molecule has 5 heteroatoms. The molecule has 0 aromatic carbocycles. The lowest BCUT2D eigenvalue weighted by Gasteiger charge is -2.08. The first-order valence-corrected chi connectivity index (χ1v) is 5.24. The number of nitrogens with two attached hydrogens (primary N) is 1. The van der Waals surface area contributed by atoms with Gasteiger partial charge in [0.2, 0.25) is 5.89 Å². The Kier molecular flexibility index (Phi) is 2.75. The Hall–Kier alpha value is -0.940. The van der Waals surface area contributed by atoms with E-state index in [-0.39, 0.29) is 11.5 Å². The second-order valence-corrected chi connectivity index (χ2v) is 4.37. The summed E-state index contributed by atoms with van der Waals surface area (Å²) in [5, 5.41) is 3.99. The fraction of sp³-hybridized carbons (Fsp3) is 0.800. The summed E-state index contributed by atoms with van der Waals surface area (Å²) in [5.41, 5.74) is 5.68. The minimum absolute atomic E-state index is 0.0368. The number of aromatic nitrogens is 2. The van der Waals surface area contributed by atoms with Crippen molar-refractivity contribution in [3.8, 4) is 0 Å². The molecule has 15 heavy (non-hydrogen) atoms. The van der Waals surface area contributed by atoms with Crippen LogP contribution in [-0.4, -0.2) is 29.9 Å². The Morgan fingerprint density at radius 2 is 2.33 bits per heavy atom. The molecule has 1 atom stereocenters. The summed E-state index contributed by atoms with van der Waals surface area (Å²) in [7, 11) is 1.64. The first-order chi connectivity index (χ1) is 7.18. The van der Waals surface area contributed by atoms with E-state index in [1.54, 1.807) is 7.11 Å². The largest absolute Gasteiger partial charge is 0.380 e. The van der Waals surface area contributed by atoms with Crippen molar-refractivity contribution in [2.24, 2.45) is 5.73 Å². The van der Waals surface area contributed by atoms with Gasteiger partial charge >= 0.3 is 0 Å². The fourth-order valence-corrected chi connectivity index (χ4v) is 1.45. The standard InChI is InChI=1S/C10H17N3O2/c1-10(3-4-10)9-12-8(15-13-9)5-7(6-11)14-2/h7H,3-6,11H2,1-2H3. The van der Waals surface area contributed by atoms with E-state index in [4.69, 9.17) is 15.0 Å². The summed E-state index contributed by atoms with van der Waals surface area (Å²) in [6.07, 6.45) is 2.86. The molecule has 2 rings (SSSR count). The molecule has 1 aliphatic carbocycles. The van der Waals surface area contributed by atoms with Crippen LogP contribution in [0.2, 0.25) is 0 Å². The molecule has 1 aromatic heterocycles. The topological polar surface area (TPSA) is 74.2 Å². The highest BCUT2D eigenvalue weighted by molar-refractivity contribution is 5.14. The summed E-state index contributed by atoms with van der Waals surface area (Å²) >= 11 is 0. The van der Waals surface area contributed by atoms with Gasteiger partial charge < -0.3 is 15.0 Å². The van der Waals surface area contributed by atoms with Gasteiger partial charge in [-0.25, -0.2) is 0 Å². The summed E-state index contributed by atoms with van der Waals surface area (Å²) in [6, 6.07) is 0. The minimum atomic E-state index is -0.0368. The lowest BCUT2D eigenvalue weighted by atomic mass is 10.1. The van der Waals surface area contributed by atoms with E-state index in [1.807, 2.05) is 0 Å². The molecule has 1 heterocycles. The molecule has 1 aromatic rings. The van der Waals surface area contributed by atoms with E-state index in [1.165, 1.54) is 0 Å². The highest BCUT2D eigenvalue weighted by Crippen LogP contribution is 2.45. The first kappa shape index (κ1) is 10.6. The van der Waals surface area contributed by atoms with E-state index in [0.717, 1.165) is 18.7 Å². The van der Waals surface area contributed by atoms with Crippen molar-refractivity contribution in [2.75, 3.05) is 13.7 Å². The zero-order chi connectivity index (χ0) is 10.9. The Morgan fingerprint density at radius 3 is 2.87 bits per heavy atom. The molecular weight excluding hydrogens is 194 g/mol. The normalized spacial score (nSPS) is 20.2. The van der Waals surface area contributed by atoms with Gasteiger partial charge in [-0.05, 0) is 12.8 Å². The van der Waals surface area contributed by atoms with Crippen LogP contribution in [0.5, 0.6) is 0 Å². The van der Waals surface area contributed by atoms with Crippen molar-refractivity contribution in [1.29, 1.82) is 0 Å². The maximum absolute atomic E-state index is 5.52. The number of ether oxygens (including phenoxy) is 1. The second kappa shape index (κ2) is 3.90. The SMILES string of the molecule is COC(CN)Cc1nc(C2(C)CC2)no1. The Labute approximate surface area is 89.0 Å². The zero-order valence-electron chi connectivity index (χ0n) is 9.19. The van der Waals surface area contributed by atoms with Crippen molar-refractivity contribution in [3.63, 3.8) is 0 Å². The van der Waals surface area contributed by atoms with E-state index < -0.39 is 0 Å². The van der Waals surface area contributed by atoms with Crippen LogP contribution < -0.4 is 5.73 Å². The molecule has 0 amide bonds. The molecule has 0 bridgehead atoms. The average molecular weight is 211 g/mol. The number of methoxy groups -OCH3 is 1. The van der Waals surface area contributed by atoms with E-state index in [2.05, 4.69) is 17.1 Å². The van der Waals surface area contributed by atoms with Gasteiger partial charge in [-0.1, -0.05) is 12.1 Å². The Bertz CT molecular complexity index is 329. The number of nitrogens with zero attached hydrogens (tertiary/aromatic N) is 2. The molecule has 0 radical (unpaired) electrons. The summed E-state index contributed by atoms with van der Waals surface area (Å²) in [6.45, 7) is 2.61. The third-order valence-electron chi connectivity index (χ3n) is 3.01. The fourth-order valence-electron chi connectivity index (χ4n) is 1.45. The van der Waals surface area contributed by atoms with Gasteiger partial charge in [0, 0.05) is 19.1 Å². The van der Waals surface area contributed by atoms with Crippen LogP contribution in [-0.2, 0) is 16.6 Å². The monoisotopic (exact) mass is 211 g/mol. The molecule has 1 fully saturated rings. The molecule has 1 saturated carbocycles. The van der Waals surface area contributed by atoms with Crippen LogP contribution in [0.3, 0.4) is 0 Å². The molecule has 0 saturated heterocycles. The molecule has 84 valence electrons. The molecule has 0 aliphatic heterocycles. The summed E-state index contributed by atoms with van der Waals surface area (Å²) < 4.78 is 10.3. The lowest BCUT2D eigenvalue weighted by molar-refractivity contribution is 0.102. The van der Waals surface area contributed by atoms with Gasteiger partial charge in [-0.2, -0.15) is 4.98 Å². The summed E-state index contributed by atoms with van der Waals surface area (Å²) in [5.74, 6) is 1.44.